The number of aliphatic hydroxyl groups is 1. The van der Waals surface area contributed by atoms with Crippen molar-refractivity contribution in [2.24, 2.45) is 0 Å². The average molecular weight is 496 g/mol. The van der Waals surface area contributed by atoms with Crippen molar-refractivity contribution in [1.82, 2.24) is 4.90 Å². The molecule has 1 fully saturated rings. The van der Waals surface area contributed by atoms with Crippen molar-refractivity contribution >= 4 is 52.1 Å². The molecule has 1 saturated heterocycles. The van der Waals surface area contributed by atoms with E-state index in [1.807, 2.05) is 48.5 Å². The first-order valence-electron chi connectivity index (χ1n) is 10.0. The molecule has 0 aromatic heterocycles. The SMILES string of the molecule is O[C@@H](CN1CCN(c2ccc(Cl)cc2Cl)[C@H](c2ccc(Cl)cc2)C1)c1ccc(Cl)cc1. The molecule has 1 aliphatic heterocycles. The molecule has 1 N–H and O–H groups in total. The summed E-state index contributed by atoms with van der Waals surface area (Å²) >= 11 is 24.8. The molecular formula is C24H22Cl4N2O. The zero-order valence-corrected chi connectivity index (χ0v) is 19.7. The van der Waals surface area contributed by atoms with Crippen molar-refractivity contribution in [2.75, 3.05) is 31.1 Å². The lowest BCUT2D eigenvalue weighted by molar-refractivity contribution is 0.100. The van der Waals surface area contributed by atoms with Gasteiger partial charge in [-0.3, -0.25) is 4.90 Å². The number of β-amino-alcohol motifs (C(OH)–C–C–N with tert-alkyl or cyclic N) is 1. The topological polar surface area (TPSA) is 26.7 Å². The molecule has 0 spiro atoms. The van der Waals surface area contributed by atoms with Gasteiger partial charge in [-0.2, -0.15) is 0 Å². The molecule has 0 unspecified atom stereocenters. The maximum Gasteiger partial charge on any atom is 0.0916 e. The van der Waals surface area contributed by atoms with E-state index in [4.69, 9.17) is 46.4 Å². The quantitative estimate of drug-likeness (QED) is 0.417. The van der Waals surface area contributed by atoms with Crippen molar-refractivity contribution < 1.29 is 5.11 Å². The van der Waals surface area contributed by atoms with Gasteiger partial charge < -0.3 is 10.0 Å². The minimum Gasteiger partial charge on any atom is -0.387 e. The molecule has 0 bridgehead atoms. The van der Waals surface area contributed by atoms with Crippen molar-refractivity contribution in [1.29, 1.82) is 0 Å². The van der Waals surface area contributed by atoms with Crippen molar-refractivity contribution in [3.8, 4) is 0 Å². The van der Waals surface area contributed by atoms with E-state index in [-0.39, 0.29) is 6.04 Å². The molecule has 0 amide bonds. The van der Waals surface area contributed by atoms with E-state index in [1.54, 1.807) is 18.2 Å². The van der Waals surface area contributed by atoms with Gasteiger partial charge in [-0.05, 0) is 53.6 Å². The van der Waals surface area contributed by atoms with E-state index in [0.717, 1.165) is 36.4 Å². The highest BCUT2D eigenvalue weighted by Crippen LogP contribution is 2.37. The van der Waals surface area contributed by atoms with Crippen LogP contribution in [0.4, 0.5) is 5.69 Å². The van der Waals surface area contributed by atoms with Crippen LogP contribution in [0.3, 0.4) is 0 Å². The predicted molar refractivity (Wildman–Crippen MR) is 131 cm³/mol. The van der Waals surface area contributed by atoms with Crippen LogP contribution in [-0.2, 0) is 0 Å². The second-order valence-electron chi connectivity index (χ2n) is 7.68. The van der Waals surface area contributed by atoms with Gasteiger partial charge in [0.05, 0.1) is 22.9 Å². The lowest BCUT2D eigenvalue weighted by Gasteiger charge is -2.44. The summed E-state index contributed by atoms with van der Waals surface area (Å²) in [4.78, 5) is 4.58. The fraction of sp³-hybridized carbons (Fsp3) is 0.250. The molecule has 0 saturated carbocycles. The van der Waals surface area contributed by atoms with Gasteiger partial charge in [-0.1, -0.05) is 70.7 Å². The van der Waals surface area contributed by atoms with Gasteiger partial charge >= 0.3 is 0 Å². The van der Waals surface area contributed by atoms with Gasteiger partial charge in [-0.15, -0.1) is 0 Å². The third-order valence-electron chi connectivity index (χ3n) is 5.62. The van der Waals surface area contributed by atoms with Crippen LogP contribution in [0.25, 0.3) is 0 Å². The van der Waals surface area contributed by atoms with Crippen LogP contribution in [0.5, 0.6) is 0 Å². The van der Waals surface area contributed by atoms with E-state index in [9.17, 15) is 5.11 Å². The Bertz CT molecular complexity index is 1030. The number of piperazine rings is 1. The second-order valence-corrected chi connectivity index (χ2v) is 9.40. The Hall–Kier alpha value is -1.46. The molecule has 162 valence electrons. The molecule has 3 aromatic carbocycles. The van der Waals surface area contributed by atoms with Gasteiger partial charge in [0.1, 0.15) is 0 Å². The Morgan fingerprint density at radius 2 is 1.42 bits per heavy atom. The highest BCUT2D eigenvalue weighted by molar-refractivity contribution is 6.36. The first-order chi connectivity index (χ1) is 14.9. The Balaban J connectivity index is 1.58. The number of aliphatic hydroxyl groups excluding tert-OH is 1. The van der Waals surface area contributed by atoms with Crippen LogP contribution in [0.2, 0.25) is 20.1 Å². The van der Waals surface area contributed by atoms with Crippen LogP contribution in [0.1, 0.15) is 23.3 Å². The van der Waals surface area contributed by atoms with Crippen molar-refractivity contribution in [3.05, 3.63) is 97.9 Å². The van der Waals surface area contributed by atoms with E-state index in [2.05, 4.69) is 9.80 Å². The summed E-state index contributed by atoms with van der Waals surface area (Å²) in [6, 6.07) is 20.9. The highest BCUT2D eigenvalue weighted by Gasteiger charge is 2.30. The summed E-state index contributed by atoms with van der Waals surface area (Å²) < 4.78 is 0. The minimum atomic E-state index is -0.589. The zero-order valence-electron chi connectivity index (χ0n) is 16.7. The summed E-state index contributed by atoms with van der Waals surface area (Å²) in [7, 11) is 0. The molecule has 0 radical (unpaired) electrons. The van der Waals surface area contributed by atoms with Crippen LogP contribution in [0, 0.1) is 0 Å². The van der Waals surface area contributed by atoms with Crippen LogP contribution in [-0.4, -0.2) is 36.2 Å². The van der Waals surface area contributed by atoms with Crippen LogP contribution in [0.15, 0.2) is 66.7 Å². The highest BCUT2D eigenvalue weighted by atomic mass is 35.5. The standard InChI is InChI=1S/C24H22Cl4N2O/c25-18-5-1-16(2-6-18)23-14-29(15-24(31)17-3-7-19(26)8-4-17)11-12-30(23)22-10-9-20(27)13-21(22)28/h1-10,13,23-24,31H,11-12,14-15H2/t23-,24-/m0/s1. The van der Waals surface area contributed by atoms with E-state index in [1.165, 1.54) is 0 Å². The van der Waals surface area contributed by atoms with Gasteiger partial charge in [-0.25, -0.2) is 0 Å². The molecule has 0 aliphatic carbocycles. The van der Waals surface area contributed by atoms with Gasteiger partial charge in [0.25, 0.3) is 0 Å². The lowest BCUT2D eigenvalue weighted by atomic mass is 10.0. The number of hydrogen-bond acceptors (Lipinski definition) is 3. The Morgan fingerprint density at radius 3 is 2.06 bits per heavy atom. The van der Waals surface area contributed by atoms with E-state index < -0.39 is 6.10 Å². The number of rotatable bonds is 5. The normalized spacial score (nSPS) is 18.2. The van der Waals surface area contributed by atoms with Crippen molar-refractivity contribution in [3.63, 3.8) is 0 Å². The lowest BCUT2D eigenvalue weighted by Crippen LogP contribution is -2.49. The predicted octanol–water partition coefficient (Wildman–Crippen LogP) is 6.90. The summed E-state index contributed by atoms with van der Waals surface area (Å²) in [5.41, 5.74) is 2.95. The number of hydrogen-bond donors (Lipinski definition) is 1. The molecule has 3 nitrogen and oxygen atoms in total. The summed E-state index contributed by atoms with van der Waals surface area (Å²) in [6.45, 7) is 2.84. The summed E-state index contributed by atoms with van der Waals surface area (Å²) in [5, 5.41) is 13.4. The number of benzene rings is 3. The Kier molecular flexibility index (Phi) is 7.33. The first-order valence-corrected chi connectivity index (χ1v) is 11.5. The number of halogens is 4. The zero-order chi connectivity index (χ0) is 22.0. The average Bonchev–Trinajstić information content (AvgIpc) is 2.75. The molecule has 31 heavy (non-hydrogen) atoms. The fourth-order valence-electron chi connectivity index (χ4n) is 4.01. The second kappa shape index (κ2) is 9.99. The Labute approximate surface area is 202 Å². The van der Waals surface area contributed by atoms with E-state index in [0.29, 0.717) is 26.6 Å². The van der Waals surface area contributed by atoms with Gasteiger partial charge in [0.15, 0.2) is 0 Å². The third-order valence-corrected chi connectivity index (χ3v) is 6.67. The smallest absolute Gasteiger partial charge is 0.0916 e. The van der Waals surface area contributed by atoms with E-state index >= 15 is 0 Å². The molecule has 2 atom stereocenters. The van der Waals surface area contributed by atoms with Crippen molar-refractivity contribution in [2.45, 2.75) is 12.1 Å². The Morgan fingerprint density at radius 1 is 0.806 bits per heavy atom. The number of anilines is 1. The molecule has 4 rings (SSSR count). The fourth-order valence-corrected chi connectivity index (χ4v) is 4.78. The monoisotopic (exact) mass is 494 g/mol. The summed E-state index contributed by atoms with van der Waals surface area (Å²) in [5.74, 6) is 0. The number of nitrogens with zero attached hydrogens (tertiary/aromatic N) is 2. The molecular weight excluding hydrogens is 474 g/mol. The largest absolute Gasteiger partial charge is 0.387 e. The van der Waals surface area contributed by atoms with Gasteiger partial charge in [0, 0.05) is 41.2 Å². The molecule has 3 aromatic rings. The molecule has 1 aliphatic rings. The third kappa shape index (κ3) is 5.48. The van der Waals surface area contributed by atoms with Gasteiger partial charge in [0.2, 0.25) is 0 Å². The van der Waals surface area contributed by atoms with Crippen LogP contribution < -0.4 is 4.90 Å². The maximum atomic E-state index is 10.8. The first kappa shape index (κ1) is 22.7. The molecule has 7 heteroatoms. The minimum absolute atomic E-state index is 0.0575. The van der Waals surface area contributed by atoms with Crippen LogP contribution >= 0.6 is 46.4 Å². The molecule has 1 heterocycles. The maximum absolute atomic E-state index is 10.8. The summed E-state index contributed by atoms with van der Waals surface area (Å²) in [6.07, 6.45) is -0.589.